The Morgan fingerprint density at radius 3 is 2.91 bits per heavy atom. The smallest absolute Gasteiger partial charge is 0.160 e. The summed E-state index contributed by atoms with van der Waals surface area (Å²) in [6.45, 7) is 5.75. The number of aromatic nitrogens is 3. The molecule has 0 aromatic carbocycles. The number of likely N-dealkylation sites (tertiary alicyclic amines) is 1. The maximum atomic E-state index is 5.00. The number of rotatable bonds is 3. The number of nitrogens with zero attached hydrogens (tertiary/aromatic N) is 4. The van der Waals surface area contributed by atoms with Crippen LogP contribution < -0.4 is 0 Å². The summed E-state index contributed by atoms with van der Waals surface area (Å²) in [5, 5.41) is 0. The second-order valence-electron chi connectivity index (χ2n) is 6.41. The number of imidazole rings is 1. The molecule has 0 spiro atoms. The second kappa shape index (κ2) is 6.20. The minimum Gasteiger partial charge on any atom is -0.308 e. The van der Waals surface area contributed by atoms with Crippen LogP contribution in [0.15, 0.2) is 18.3 Å². The Hall–Kier alpha value is -1.07. The molecule has 0 N–H and O–H groups in total. The lowest BCUT2D eigenvalue weighted by Gasteiger charge is -2.24. The van der Waals surface area contributed by atoms with Gasteiger partial charge in [-0.3, -0.25) is 0 Å². The molecule has 1 unspecified atom stereocenters. The molecule has 2 aromatic heterocycles. The van der Waals surface area contributed by atoms with E-state index in [9.17, 15) is 0 Å². The Balaban J connectivity index is 1.76. The standard InChI is InChI=1S/C17H24N4S/c1-2-20-9-5-14(12-20)21-16(13-6-10-22-11-7-13)19-15-4-3-8-18-17(15)21/h3-4,8,13-14H,2,5-7,9-12H2,1H3. The molecular formula is C17H24N4S. The van der Waals surface area contributed by atoms with Crippen LogP contribution in [-0.4, -0.2) is 50.6 Å². The van der Waals surface area contributed by atoms with Gasteiger partial charge in [0, 0.05) is 25.2 Å². The van der Waals surface area contributed by atoms with Gasteiger partial charge in [-0.2, -0.15) is 11.8 Å². The first-order valence-corrected chi connectivity index (χ1v) is 9.65. The zero-order valence-electron chi connectivity index (χ0n) is 13.2. The molecule has 0 bridgehead atoms. The van der Waals surface area contributed by atoms with Crippen molar-refractivity contribution in [2.75, 3.05) is 31.1 Å². The number of likely N-dealkylation sites (N-methyl/N-ethyl adjacent to an activating group) is 1. The van der Waals surface area contributed by atoms with Gasteiger partial charge in [-0.15, -0.1) is 0 Å². The fraction of sp³-hybridized carbons (Fsp3) is 0.647. The molecule has 5 heteroatoms. The predicted octanol–water partition coefficient (Wildman–Crippen LogP) is 3.31. The van der Waals surface area contributed by atoms with E-state index in [0.29, 0.717) is 12.0 Å². The van der Waals surface area contributed by atoms with Gasteiger partial charge in [-0.25, -0.2) is 9.97 Å². The highest BCUT2D eigenvalue weighted by molar-refractivity contribution is 7.99. The van der Waals surface area contributed by atoms with Gasteiger partial charge in [-0.1, -0.05) is 6.92 Å². The fourth-order valence-electron chi connectivity index (χ4n) is 3.86. The first-order valence-electron chi connectivity index (χ1n) is 8.49. The van der Waals surface area contributed by atoms with Crippen molar-refractivity contribution >= 4 is 22.9 Å². The van der Waals surface area contributed by atoms with Crippen LogP contribution in [0.3, 0.4) is 0 Å². The van der Waals surface area contributed by atoms with Crippen LogP contribution in [0.2, 0.25) is 0 Å². The molecule has 1 atom stereocenters. The average molecular weight is 316 g/mol. The van der Waals surface area contributed by atoms with Crippen LogP contribution >= 0.6 is 11.8 Å². The van der Waals surface area contributed by atoms with E-state index in [1.807, 2.05) is 12.3 Å². The fourth-order valence-corrected chi connectivity index (χ4v) is 4.97. The zero-order valence-corrected chi connectivity index (χ0v) is 14.1. The Morgan fingerprint density at radius 1 is 1.27 bits per heavy atom. The third-order valence-electron chi connectivity index (χ3n) is 5.12. The summed E-state index contributed by atoms with van der Waals surface area (Å²) in [6.07, 6.45) is 5.66. The van der Waals surface area contributed by atoms with E-state index < -0.39 is 0 Å². The molecule has 4 nitrogen and oxygen atoms in total. The molecule has 2 aliphatic rings. The van der Waals surface area contributed by atoms with Crippen LogP contribution in [-0.2, 0) is 0 Å². The van der Waals surface area contributed by atoms with Gasteiger partial charge in [0.25, 0.3) is 0 Å². The van der Waals surface area contributed by atoms with Crippen LogP contribution in [0.1, 0.15) is 44.0 Å². The topological polar surface area (TPSA) is 34.0 Å². The van der Waals surface area contributed by atoms with Crippen LogP contribution in [0.4, 0.5) is 0 Å². The Morgan fingerprint density at radius 2 is 2.14 bits per heavy atom. The molecule has 22 heavy (non-hydrogen) atoms. The highest BCUT2D eigenvalue weighted by atomic mass is 32.2. The molecule has 2 aromatic rings. The Kier molecular flexibility index (Phi) is 4.09. The number of pyridine rings is 1. The van der Waals surface area contributed by atoms with Gasteiger partial charge in [0.2, 0.25) is 0 Å². The molecule has 4 heterocycles. The third-order valence-corrected chi connectivity index (χ3v) is 6.17. The van der Waals surface area contributed by atoms with E-state index in [-0.39, 0.29) is 0 Å². The lowest BCUT2D eigenvalue weighted by molar-refractivity contribution is 0.339. The van der Waals surface area contributed by atoms with Crippen molar-refractivity contribution in [3.8, 4) is 0 Å². The molecule has 0 radical (unpaired) electrons. The van der Waals surface area contributed by atoms with Gasteiger partial charge in [0.1, 0.15) is 11.3 Å². The predicted molar refractivity (Wildman–Crippen MR) is 92.6 cm³/mol. The summed E-state index contributed by atoms with van der Waals surface area (Å²) in [5.74, 6) is 4.46. The maximum absolute atomic E-state index is 5.00. The van der Waals surface area contributed by atoms with Gasteiger partial charge in [0.15, 0.2) is 5.65 Å². The van der Waals surface area contributed by atoms with Gasteiger partial charge in [0.05, 0.1) is 6.04 Å². The molecule has 2 fully saturated rings. The average Bonchev–Trinajstić information content (AvgIpc) is 3.19. The van der Waals surface area contributed by atoms with Gasteiger partial charge < -0.3 is 9.47 Å². The lowest BCUT2D eigenvalue weighted by Crippen LogP contribution is -2.23. The summed E-state index contributed by atoms with van der Waals surface area (Å²) in [7, 11) is 0. The van der Waals surface area contributed by atoms with Crippen LogP contribution in [0.25, 0.3) is 11.2 Å². The zero-order chi connectivity index (χ0) is 14.9. The molecule has 0 saturated carbocycles. The highest BCUT2D eigenvalue weighted by Crippen LogP contribution is 2.36. The van der Waals surface area contributed by atoms with E-state index >= 15 is 0 Å². The summed E-state index contributed by atoms with van der Waals surface area (Å²) in [4.78, 5) is 12.2. The van der Waals surface area contributed by atoms with Gasteiger partial charge >= 0.3 is 0 Å². The van der Waals surface area contributed by atoms with E-state index in [1.54, 1.807) is 0 Å². The van der Waals surface area contributed by atoms with Gasteiger partial charge in [-0.05, 0) is 49.4 Å². The summed E-state index contributed by atoms with van der Waals surface area (Å²) < 4.78 is 2.49. The first-order chi connectivity index (χ1) is 10.9. The number of thioether (sulfide) groups is 1. The van der Waals surface area contributed by atoms with Crippen molar-refractivity contribution in [3.63, 3.8) is 0 Å². The molecule has 118 valence electrons. The molecule has 4 rings (SSSR count). The van der Waals surface area contributed by atoms with Crippen molar-refractivity contribution in [2.45, 2.75) is 38.1 Å². The van der Waals surface area contributed by atoms with Crippen molar-refractivity contribution in [1.29, 1.82) is 0 Å². The second-order valence-corrected chi connectivity index (χ2v) is 7.63. The van der Waals surface area contributed by atoms with Crippen molar-refractivity contribution in [2.24, 2.45) is 0 Å². The van der Waals surface area contributed by atoms with Crippen LogP contribution in [0.5, 0.6) is 0 Å². The normalized spacial score (nSPS) is 24.3. The summed E-state index contributed by atoms with van der Waals surface area (Å²) in [5.41, 5.74) is 2.17. The lowest BCUT2D eigenvalue weighted by atomic mass is 10.0. The van der Waals surface area contributed by atoms with E-state index in [4.69, 9.17) is 4.98 Å². The number of fused-ring (bicyclic) bond motifs is 1. The monoisotopic (exact) mass is 316 g/mol. The minimum absolute atomic E-state index is 0.546. The molecule has 0 amide bonds. The SMILES string of the molecule is CCN1CCC(n2c(C3CCSCC3)nc3cccnc32)C1. The van der Waals surface area contributed by atoms with Crippen molar-refractivity contribution in [1.82, 2.24) is 19.4 Å². The van der Waals surface area contributed by atoms with Crippen molar-refractivity contribution in [3.05, 3.63) is 24.2 Å². The first kappa shape index (κ1) is 14.5. The quantitative estimate of drug-likeness (QED) is 0.870. The maximum Gasteiger partial charge on any atom is 0.160 e. The molecule has 0 aliphatic carbocycles. The minimum atomic E-state index is 0.546. The Bertz CT molecular complexity index is 647. The van der Waals surface area contributed by atoms with E-state index in [0.717, 1.165) is 24.3 Å². The number of hydrogen-bond acceptors (Lipinski definition) is 4. The van der Waals surface area contributed by atoms with E-state index in [2.05, 4.69) is 39.2 Å². The van der Waals surface area contributed by atoms with E-state index in [1.165, 1.54) is 43.1 Å². The summed E-state index contributed by atoms with van der Waals surface area (Å²) in [6, 6.07) is 4.67. The third kappa shape index (κ3) is 2.54. The molecule has 2 aliphatic heterocycles. The molecular weight excluding hydrogens is 292 g/mol. The Labute approximate surface area is 136 Å². The van der Waals surface area contributed by atoms with Crippen molar-refractivity contribution < 1.29 is 0 Å². The largest absolute Gasteiger partial charge is 0.308 e. The summed E-state index contributed by atoms with van der Waals surface area (Å²) >= 11 is 2.08. The van der Waals surface area contributed by atoms with Crippen LogP contribution in [0, 0.1) is 0 Å². The number of hydrogen-bond donors (Lipinski definition) is 0. The highest BCUT2D eigenvalue weighted by Gasteiger charge is 2.30. The molecule has 2 saturated heterocycles.